The summed E-state index contributed by atoms with van der Waals surface area (Å²) in [6.07, 6.45) is -0.650. The molecule has 5 heteroatoms. The smallest absolute Gasteiger partial charge is 0.0897 e. The highest BCUT2D eigenvalue weighted by Crippen LogP contribution is 2.19. The van der Waals surface area contributed by atoms with Crippen LogP contribution in [0.25, 0.3) is 0 Å². The number of hydrogen-bond donors (Lipinski definition) is 2. The number of hydrogen-bond acceptors (Lipinski definition) is 4. The molecule has 0 saturated carbocycles. The van der Waals surface area contributed by atoms with E-state index in [9.17, 15) is 5.11 Å². The maximum absolute atomic E-state index is 9.62. The largest absolute Gasteiger partial charge is 0.394 e. The van der Waals surface area contributed by atoms with Crippen LogP contribution in [0.2, 0.25) is 5.02 Å². The summed E-state index contributed by atoms with van der Waals surface area (Å²) in [7, 11) is 0. The molecular weight excluding hydrogens is 288 g/mol. The van der Waals surface area contributed by atoms with Gasteiger partial charge in [-0.3, -0.25) is 9.80 Å². The molecule has 1 fully saturated rings. The highest BCUT2D eigenvalue weighted by Gasteiger charge is 2.29. The van der Waals surface area contributed by atoms with Crippen molar-refractivity contribution in [3.63, 3.8) is 0 Å². The van der Waals surface area contributed by atoms with Gasteiger partial charge in [-0.1, -0.05) is 23.7 Å². The minimum atomic E-state index is -0.650. The van der Waals surface area contributed by atoms with Crippen molar-refractivity contribution in [2.75, 3.05) is 26.2 Å². The van der Waals surface area contributed by atoms with Crippen LogP contribution < -0.4 is 0 Å². The van der Waals surface area contributed by atoms with E-state index in [1.807, 2.05) is 12.1 Å². The number of piperazine rings is 1. The lowest BCUT2D eigenvalue weighted by Gasteiger charge is -2.44. The lowest BCUT2D eigenvalue weighted by molar-refractivity contribution is -0.00522. The Morgan fingerprint density at radius 2 is 1.71 bits per heavy atom. The lowest BCUT2D eigenvalue weighted by Crippen LogP contribution is -2.57. The van der Waals surface area contributed by atoms with Crippen molar-refractivity contribution < 1.29 is 10.2 Å². The molecule has 21 heavy (non-hydrogen) atoms. The second-order valence-electron chi connectivity index (χ2n) is 6.04. The Labute approximate surface area is 131 Å². The topological polar surface area (TPSA) is 46.9 Å². The van der Waals surface area contributed by atoms with E-state index in [2.05, 4.69) is 35.8 Å². The Kier molecular flexibility index (Phi) is 6.02. The van der Waals surface area contributed by atoms with Gasteiger partial charge >= 0.3 is 0 Å². The summed E-state index contributed by atoms with van der Waals surface area (Å²) in [5.74, 6) is 0. The summed E-state index contributed by atoms with van der Waals surface area (Å²) in [4.78, 5) is 4.71. The molecule has 2 rings (SSSR count). The van der Waals surface area contributed by atoms with Crippen LogP contribution in [0.1, 0.15) is 19.4 Å². The van der Waals surface area contributed by atoms with E-state index in [4.69, 9.17) is 16.7 Å². The molecule has 0 amide bonds. The van der Waals surface area contributed by atoms with E-state index >= 15 is 0 Å². The van der Waals surface area contributed by atoms with Gasteiger partial charge in [-0.05, 0) is 31.5 Å². The second-order valence-corrected chi connectivity index (χ2v) is 6.48. The zero-order chi connectivity index (χ0) is 15.4. The maximum Gasteiger partial charge on any atom is 0.0897 e. The predicted molar refractivity (Wildman–Crippen MR) is 85.5 cm³/mol. The first-order valence-corrected chi connectivity index (χ1v) is 7.89. The first-order chi connectivity index (χ1) is 9.99. The van der Waals surface area contributed by atoms with Crippen molar-refractivity contribution in [2.45, 2.75) is 38.6 Å². The summed E-state index contributed by atoms with van der Waals surface area (Å²) >= 11 is 5.92. The second kappa shape index (κ2) is 7.56. The summed E-state index contributed by atoms with van der Waals surface area (Å²) in [6, 6.07) is 8.79. The molecule has 1 aromatic rings. The van der Waals surface area contributed by atoms with E-state index in [1.54, 1.807) is 0 Å². The van der Waals surface area contributed by atoms with Gasteiger partial charge in [-0.15, -0.1) is 0 Å². The van der Waals surface area contributed by atoms with E-state index in [0.29, 0.717) is 18.6 Å². The molecule has 2 N–H and O–H groups in total. The lowest BCUT2D eigenvalue weighted by atomic mass is 10.1. The average molecular weight is 313 g/mol. The molecule has 0 bridgehead atoms. The standard InChI is InChI=1S/C16H25ClN2O2/c1-12-8-19(10-16(21)11-20)13(2)7-18(12)9-14-3-5-15(17)6-4-14/h3-6,12-13,16,20-21H,7-11H2,1-2H3. The molecule has 0 aromatic heterocycles. The van der Waals surface area contributed by atoms with Gasteiger partial charge < -0.3 is 10.2 Å². The number of nitrogens with zero attached hydrogens (tertiary/aromatic N) is 2. The van der Waals surface area contributed by atoms with Crippen LogP contribution in [0.5, 0.6) is 0 Å². The highest BCUT2D eigenvalue weighted by molar-refractivity contribution is 6.30. The Morgan fingerprint density at radius 3 is 2.33 bits per heavy atom. The number of β-amino-alcohol motifs (C(OH)–C–C–N with tert-alkyl or cyclic N) is 1. The van der Waals surface area contributed by atoms with Crippen LogP contribution in [-0.4, -0.2) is 64.4 Å². The molecule has 118 valence electrons. The summed E-state index contributed by atoms with van der Waals surface area (Å²) in [5.41, 5.74) is 1.27. The normalized spacial score (nSPS) is 26.0. The zero-order valence-electron chi connectivity index (χ0n) is 12.7. The van der Waals surface area contributed by atoms with Gasteiger partial charge in [0.25, 0.3) is 0 Å². The Morgan fingerprint density at radius 1 is 1.14 bits per heavy atom. The third kappa shape index (κ3) is 4.66. The molecule has 0 radical (unpaired) electrons. The van der Waals surface area contributed by atoms with Crippen LogP contribution in [0.4, 0.5) is 0 Å². The molecule has 1 aliphatic heterocycles. The summed E-state index contributed by atoms with van der Waals surface area (Å²) < 4.78 is 0. The fraction of sp³-hybridized carbons (Fsp3) is 0.625. The number of benzene rings is 1. The number of aliphatic hydroxyl groups excluding tert-OH is 2. The van der Waals surface area contributed by atoms with Crippen molar-refractivity contribution in [1.29, 1.82) is 0 Å². The van der Waals surface area contributed by atoms with Crippen molar-refractivity contribution in [1.82, 2.24) is 9.80 Å². The molecule has 1 heterocycles. The molecule has 1 aromatic carbocycles. The van der Waals surface area contributed by atoms with Gasteiger partial charge in [0.1, 0.15) is 0 Å². The van der Waals surface area contributed by atoms with Gasteiger partial charge in [0.05, 0.1) is 12.7 Å². The van der Waals surface area contributed by atoms with Crippen LogP contribution in [0, 0.1) is 0 Å². The third-order valence-corrected chi connectivity index (χ3v) is 4.45. The molecule has 1 saturated heterocycles. The number of rotatable bonds is 5. The van der Waals surface area contributed by atoms with Gasteiger partial charge in [0, 0.05) is 43.3 Å². The molecule has 0 aliphatic carbocycles. The van der Waals surface area contributed by atoms with E-state index < -0.39 is 6.10 Å². The summed E-state index contributed by atoms with van der Waals surface area (Å²) in [5, 5.41) is 19.4. The summed E-state index contributed by atoms with van der Waals surface area (Å²) in [6.45, 7) is 7.53. The number of aliphatic hydroxyl groups is 2. The number of halogens is 1. The average Bonchev–Trinajstić information content (AvgIpc) is 2.46. The molecule has 3 atom stereocenters. The van der Waals surface area contributed by atoms with Crippen molar-refractivity contribution in [3.05, 3.63) is 34.9 Å². The van der Waals surface area contributed by atoms with Crippen molar-refractivity contribution in [2.24, 2.45) is 0 Å². The van der Waals surface area contributed by atoms with Crippen LogP contribution >= 0.6 is 11.6 Å². The van der Waals surface area contributed by atoms with Gasteiger partial charge in [-0.2, -0.15) is 0 Å². The maximum atomic E-state index is 9.62. The van der Waals surface area contributed by atoms with Gasteiger partial charge in [-0.25, -0.2) is 0 Å². The predicted octanol–water partition coefficient (Wildman–Crippen LogP) is 1.59. The first-order valence-electron chi connectivity index (χ1n) is 7.51. The first kappa shape index (κ1) is 16.7. The molecule has 0 spiro atoms. The van der Waals surface area contributed by atoms with Crippen molar-refractivity contribution in [3.8, 4) is 0 Å². The van der Waals surface area contributed by atoms with Crippen LogP contribution in [-0.2, 0) is 6.54 Å². The highest BCUT2D eigenvalue weighted by atomic mass is 35.5. The molecule has 3 unspecified atom stereocenters. The Hall–Kier alpha value is -0.650. The Bertz CT molecular complexity index is 440. The molecular formula is C16H25ClN2O2. The van der Waals surface area contributed by atoms with Crippen LogP contribution in [0.3, 0.4) is 0 Å². The zero-order valence-corrected chi connectivity index (χ0v) is 13.5. The quantitative estimate of drug-likeness (QED) is 0.867. The van der Waals surface area contributed by atoms with Crippen LogP contribution in [0.15, 0.2) is 24.3 Å². The van der Waals surface area contributed by atoms with Gasteiger partial charge in [0.15, 0.2) is 0 Å². The minimum Gasteiger partial charge on any atom is -0.394 e. The molecule has 1 aliphatic rings. The van der Waals surface area contributed by atoms with Crippen molar-refractivity contribution >= 4 is 11.6 Å². The monoisotopic (exact) mass is 312 g/mol. The van der Waals surface area contributed by atoms with E-state index in [1.165, 1.54) is 5.56 Å². The Balaban J connectivity index is 1.93. The van der Waals surface area contributed by atoms with E-state index in [0.717, 1.165) is 24.7 Å². The third-order valence-electron chi connectivity index (χ3n) is 4.20. The van der Waals surface area contributed by atoms with Gasteiger partial charge in [0.2, 0.25) is 0 Å². The fourth-order valence-electron chi connectivity index (χ4n) is 2.90. The SMILES string of the molecule is CC1CN(CC(O)CO)C(C)CN1Cc1ccc(Cl)cc1. The van der Waals surface area contributed by atoms with E-state index in [-0.39, 0.29) is 6.61 Å². The fourth-order valence-corrected chi connectivity index (χ4v) is 3.02. The minimum absolute atomic E-state index is 0.175. The molecule has 4 nitrogen and oxygen atoms in total.